The molecule has 0 saturated carbocycles. The van der Waals surface area contributed by atoms with Gasteiger partial charge >= 0.3 is 0 Å². The minimum Gasteiger partial charge on any atom is -0.483 e. The minimum absolute atomic E-state index is 0.0552. The van der Waals surface area contributed by atoms with Crippen molar-refractivity contribution in [2.24, 2.45) is 5.73 Å². The third kappa shape index (κ3) is 5.03. The van der Waals surface area contributed by atoms with Gasteiger partial charge in [-0.1, -0.05) is 25.1 Å². The lowest BCUT2D eigenvalue weighted by molar-refractivity contribution is -0.130. The van der Waals surface area contributed by atoms with E-state index in [0.29, 0.717) is 29.4 Å². The van der Waals surface area contributed by atoms with Crippen LogP contribution in [0.15, 0.2) is 29.6 Å². The molecule has 0 aliphatic heterocycles. The lowest BCUT2D eigenvalue weighted by Gasteiger charge is -2.20. The molecule has 8 heteroatoms. The Morgan fingerprint density at radius 2 is 2.08 bits per heavy atom. The summed E-state index contributed by atoms with van der Waals surface area (Å²) < 4.78 is 5.68. The molecule has 1 atom stereocenters. The monoisotopic (exact) mass is 376 g/mol. The highest BCUT2D eigenvalue weighted by Crippen LogP contribution is 2.27. The van der Waals surface area contributed by atoms with Crippen molar-refractivity contribution in [1.29, 1.82) is 0 Å². The maximum atomic E-state index is 12.5. The van der Waals surface area contributed by atoms with Gasteiger partial charge in [0.2, 0.25) is 0 Å². The van der Waals surface area contributed by atoms with Gasteiger partial charge in [0.05, 0.1) is 6.04 Å². The number of carbonyl (C=O) groups excluding carboxylic acids is 2. The Balaban J connectivity index is 2.13. The Labute approximate surface area is 157 Å². The largest absolute Gasteiger partial charge is 0.483 e. The third-order valence-corrected chi connectivity index (χ3v) is 4.69. The quantitative estimate of drug-likeness (QED) is 0.734. The average Bonchev–Trinajstić information content (AvgIpc) is 3.13. The second kappa shape index (κ2) is 9.30. The predicted octanol–water partition coefficient (Wildman–Crippen LogP) is 1.95. The van der Waals surface area contributed by atoms with Crippen LogP contribution in [0.5, 0.6) is 5.75 Å². The van der Waals surface area contributed by atoms with Crippen LogP contribution in [0, 0.1) is 0 Å². The van der Waals surface area contributed by atoms with E-state index in [-0.39, 0.29) is 24.5 Å². The number of nitrogens with zero attached hydrogens (tertiary/aromatic N) is 2. The summed E-state index contributed by atoms with van der Waals surface area (Å²) in [6.45, 7) is 2.23. The molecule has 1 aromatic heterocycles. The predicted molar refractivity (Wildman–Crippen MR) is 101 cm³/mol. The number of amides is 2. The lowest BCUT2D eigenvalue weighted by Crippen LogP contribution is -2.30. The summed E-state index contributed by atoms with van der Waals surface area (Å²) in [5.41, 5.74) is 6.73. The SMILES string of the molecule is CCC(NC(=O)c1csc(CN)n1)c1ccccc1OCC(=O)N(C)C. The van der Waals surface area contributed by atoms with E-state index in [1.807, 2.05) is 25.1 Å². The van der Waals surface area contributed by atoms with Crippen LogP contribution >= 0.6 is 11.3 Å². The summed E-state index contributed by atoms with van der Waals surface area (Å²) in [6.07, 6.45) is 0.668. The molecule has 0 radical (unpaired) electrons. The molecule has 3 N–H and O–H groups in total. The van der Waals surface area contributed by atoms with E-state index in [1.54, 1.807) is 25.5 Å². The number of likely N-dealkylation sites (N-methyl/N-ethyl adjacent to an activating group) is 1. The standard InChI is InChI=1S/C18H24N4O3S/c1-4-13(21-18(24)14-11-26-16(9-19)20-14)12-7-5-6-8-15(12)25-10-17(23)22(2)3/h5-8,11,13H,4,9-10,19H2,1-3H3,(H,21,24). The number of rotatable bonds is 8. The number of nitrogens with two attached hydrogens (primary N) is 1. The van der Waals surface area contributed by atoms with Gasteiger partial charge in [0.1, 0.15) is 16.5 Å². The number of hydrogen-bond acceptors (Lipinski definition) is 6. The molecule has 2 rings (SSSR count). The summed E-state index contributed by atoms with van der Waals surface area (Å²) in [4.78, 5) is 29.9. The molecule has 0 saturated heterocycles. The first-order valence-corrected chi connectivity index (χ1v) is 9.21. The van der Waals surface area contributed by atoms with Gasteiger partial charge in [0.25, 0.3) is 11.8 Å². The highest BCUT2D eigenvalue weighted by Gasteiger charge is 2.20. The number of ether oxygens (including phenoxy) is 1. The molecule has 1 unspecified atom stereocenters. The summed E-state index contributed by atoms with van der Waals surface area (Å²) in [5.74, 6) is 0.191. The molecule has 26 heavy (non-hydrogen) atoms. The van der Waals surface area contributed by atoms with E-state index >= 15 is 0 Å². The van der Waals surface area contributed by atoms with Crippen molar-refractivity contribution in [2.45, 2.75) is 25.9 Å². The first kappa shape index (κ1) is 19.9. The second-order valence-corrected chi connectivity index (χ2v) is 6.82. The zero-order valence-electron chi connectivity index (χ0n) is 15.2. The van der Waals surface area contributed by atoms with Crippen LogP contribution in [-0.2, 0) is 11.3 Å². The number of hydrogen-bond donors (Lipinski definition) is 2. The molecule has 7 nitrogen and oxygen atoms in total. The van der Waals surface area contributed by atoms with Gasteiger partial charge < -0.3 is 20.7 Å². The topological polar surface area (TPSA) is 97.5 Å². The molecular formula is C18H24N4O3S. The van der Waals surface area contributed by atoms with Crippen LogP contribution in [-0.4, -0.2) is 42.4 Å². The van der Waals surface area contributed by atoms with E-state index in [2.05, 4.69) is 10.3 Å². The van der Waals surface area contributed by atoms with Gasteiger partial charge in [0.15, 0.2) is 6.61 Å². The molecule has 0 aliphatic carbocycles. The molecule has 0 fully saturated rings. The fourth-order valence-electron chi connectivity index (χ4n) is 2.31. The third-order valence-electron chi connectivity index (χ3n) is 3.82. The molecular weight excluding hydrogens is 352 g/mol. The van der Waals surface area contributed by atoms with Gasteiger partial charge in [-0.05, 0) is 12.5 Å². The molecule has 1 aromatic carbocycles. The van der Waals surface area contributed by atoms with Crippen LogP contribution in [0.2, 0.25) is 0 Å². The molecule has 2 aromatic rings. The maximum Gasteiger partial charge on any atom is 0.271 e. The van der Waals surface area contributed by atoms with Crippen molar-refractivity contribution < 1.29 is 14.3 Å². The summed E-state index contributed by atoms with van der Waals surface area (Å²) in [7, 11) is 3.35. The van der Waals surface area contributed by atoms with Crippen molar-refractivity contribution >= 4 is 23.2 Å². The van der Waals surface area contributed by atoms with E-state index in [4.69, 9.17) is 10.5 Å². The molecule has 1 heterocycles. The number of benzene rings is 1. The van der Waals surface area contributed by atoms with Gasteiger partial charge in [-0.2, -0.15) is 0 Å². The molecule has 0 spiro atoms. The fourth-order valence-corrected chi connectivity index (χ4v) is 2.96. The highest BCUT2D eigenvalue weighted by atomic mass is 32.1. The summed E-state index contributed by atoms with van der Waals surface area (Å²) in [6, 6.07) is 7.14. The van der Waals surface area contributed by atoms with Crippen LogP contribution < -0.4 is 15.8 Å². The van der Waals surface area contributed by atoms with E-state index in [9.17, 15) is 9.59 Å². The zero-order valence-corrected chi connectivity index (χ0v) is 16.0. The van der Waals surface area contributed by atoms with Gasteiger partial charge in [-0.15, -0.1) is 11.3 Å². The zero-order chi connectivity index (χ0) is 19.1. The lowest BCUT2D eigenvalue weighted by atomic mass is 10.0. The number of thiazole rings is 1. The summed E-state index contributed by atoms with van der Waals surface area (Å²) in [5, 5.41) is 5.39. The van der Waals surface area contributed by atoms with Crippen molar-refractivity contribution in [2.75, 3.05) is 20.7 Å². The summed E-state index contributed by atoms with van der Waals surface area (Å²) >= 11 is 1.36. The number of aromatic nitrogens is 1. The van der Waals surface area contributed by atoms with E-state index in [1.165, 1.54) is 16.2 Å². The Bertz CT molecular complexity index is 760. The molecule has 140 valence electrons. The number of nitrogens with one attached hydrogen (secondary N) is 1. The first-order valence-electron chi connectivity index (χ1n) is 8.33. The fraction of sp³-hybridized carbons (Fsp3) is 0.389. The van der Waals surface area contributed by atoms with Crippen molar-refractivity contribution in [3.8, 4) is 5.75 Å². The Kier molecular flexibility index (Phi) is 7.11. The first-order chi connectivity index (χ1) is 12.5. The smallest absolute Gasteiger partial charge is 0.271 e. The van der Waals surface area contributed by atoms with Gasteiger partial charge in [-0.25, -0.2) is 4.98 Å². The Morgan fingerprint density at radius 1 is 1.35 bits per heavy atom. The highest BCUT2D eigenvalue weighted by molar-refractivity contribution is 7.09. The maximum absolute atomic E-state index is 12.5. The van der Waals surface area contributed by atoms with Crippen LogP contribution in [0.4, 0.5) is 0 Å². The minimum atomic E-state index is -0.257. The van der Waals surface area contributed by atoms with E-state index in [0.717, 1.165) is 5.56 Å². The van der Waals surface area contributed by atoms with Crippen molar-refractivity contribution in [3.05, 3.63) is 45.9 Å². The van der Waals surface area contributed by atoms with Crippen LogP contribution in [0.25, 0.3) is 0 Å². The van der Waals surface area contributed by atoms with Crippen LogP contribution in [0.3, 0.4) is 0 Å². The average molecular weight is 376 g/mol. The Morgan fingerprint density at radius 3 is 2.69 bits per heavy atom. The van der Waals surface area contributed by atoms with Crippen LogP contribution in [0.1, 0.15) is 40.4 Å². The van der Waals surface area contributed by atoms with Crippen molar-refractivity contribution in [1.82, 2.24) is 15.2 Å². The number of para-hydroxylation sites is 1. The number of carbonyl (C=O) groups is 2. The Hall–Kier alpha value is -2.45. The van der Waals surface area contributed by atoms with Gasteiger partial charge in [0, 0.05) is 31.6 Å². The van der Waals surface area contributed by atoms with Gasteiger partial charge in [-0.3, -0.25) is 9.59 Å². The molecule has 0 aliphatic rings. The second-order valence-electron chi connectivity index (χ2n) is 5.88. The van der Waals surface area contributed by atoms with Crippen molar-refractivity contribution in [3.63, 3.8) is 0 Å². The normalized spacial score (nSPS) is 11.7. The molecule has 0 bridgehead atoms. The molecule has 2 amide bonds. The van der Waals surface area contributed by atoms with E-state index < -0.39 is 0 Å².